The molecule has 1 amide bonds. The van der Waals surface area contributed by atoms with Crippen LogP contribution in [0.2, 0.25) is 0 Å². The quantitative estimate of drug-likeness (QED) is 0.910. The van der Waals surface area contributed by atoms with Crippen molar-refractivity contribution >= 4 is 5.91 Å². The summed E-state index contributed by atoms with van der Waals surface area (Å²) in [5.41, 5.74) is 3.40. The van der Waals surface area contributed by atoms with Crippen molar-refractivity contribution in [2.24, 2.45) is 5.92 Å². The van der Waals surface area contributed by atoms with E-state index in [0.29, 0.717) is 12.8 Å². The average molecular weight is 343 g/mol. The summed E-state index contributed by atoms with van der Waals surface area (Å²) in [6.45, 7) is 4.58. The Morgan fingerprint density at radius 3 is 2.25 bits per heavy atom. The van der Waals surface area contributed by atoms with Gasteiger partial charge in [0.05, 0.1) is 0 Å². The molecule has 6 heteroatoms. The van der Waals surface area contributed by atoms with Gasteiger partial charge in [0.15, 0.2) is 6.10 Å². The van der Waals surface area contributed by atoms with E-state index in [1.54, 1.807) is 4.90 Å². The number of aliphatic hydroxyl groups is 1. The third-order valence-corrected chi connectivity index (χ3v) is 4.58. The van der Waals surface area contributed by atoms with Crippen molar-refractivity contribution in [3.63, 3.8) is 0 Å². The van der Waals surface area contributed by atoms with E-state index in [9.17, 15) is 23.1 Å². The van der Waals surface area contributed by atoms with E-state index in [-0.39, 0.29) is 31.8 Å². The second-order valence-electron chi connectivity index (χ2n) is 6.70. The molecule has 0 bridgehead atoms. The van der Waals surface area contributed by atoms with Crippen LogP contribution in [0.5, 0.6) is 0 Å². The molecule has 134 valence electrons. The first kappa shape index (κ1) is 18.8. The number of amides is 1. The van der Waals surface area contributed by atoms with Crippen LogP contribution in [0.4, 0.5) is 13.2 Å². The first-order chi connectivity index (χ1) is 11.2. The molecule has 1 heterocycles. The van der Waals surface area contributed by atoms with Gasteiger partial charge in [-0.1, -0.05) is 29.3 Å². The lowest BCUT2D eigenvalue weighted by atomic mass is 9.90. The molecule has 1 aromatic rings. The minimum absolute atomic E-state index is 0.0332. The number of aryl methyl sites for hydroxylation is 3. The van der Waals surface area contributed by atoms with Crippen LogP contribution >= 0.6 is 0 Å². The molecule has 1 saturated heterocycles. The molecule has 1 aromatic carbocycles. The van der Waals surface area contributed by atoms with Crippen LogP contribution in [0.1, 0.15) is 36.0 Å². The first-order valence-electron chi connectivity index (χ1n) is 8.26. The van der Waals surface area contributed by atoms with Crippen LogP contribution < -0.4 is 0 Å². The lowest BCUT2D eigenvalue weighted by Gasteiger charge is -2.34. The molecule has 2 rings (SSSR count). The summed E-state index contributed by atoms with van der Waals surface area (Å²) in [7, 11) is 0. The number of benzene rings is 1. The summed E-state index contributed by atoms with van der Waals surface area (Å²) < 4.78 is 37.6. The number of piperidine rings is 1. The van der Waals surface area contributed by atoms with Crippen molar-refractivity contribution in [1.82, 2.24) is 4.90 Å². The fraction of sp³-hybridized carbons (Fsp3) is 0.611. The van der Waals surface area contributed by atoms with Crippen LogP contribution in [-0.4, -0.2) is 41.3 Å². The third kappa shape index (κ3) is 4.97. The fourth-order valence-corrected chi connectivity index (χ4v) is 3.35. The molecule has 3 nitrogen and oxygen atoms in total. The predicted molar refractivity (Wildman–Crippen MR) is 85.6 cm³/mol. The largest absolute Gasteiger partial charge is 0.414 e. The molecule has 1 unspecified atom stereocenters. The van der Waals surface area contributed by atoms with E-state index >= 15 is 0 Å². The minimum Gasteiger partial charge on any atom is -0.383 e. The predicted octanol–water partition coefficient (Wildman–Crippen LogP) is 3.40. The number of alkyl halides is 3. The van der Waals surface area contributed by atoms with E-state index in [2.05, 4.69) is 6.07 Å². The molecular formula is C18H24F3NO2. The molecule has 1 fully saturated rings. The molecule has 1 atom stereocenters. The van der Waals surface area contributed by atoms with E-state index < -0.39 is 18.2 Å². The lowest BCUT2D eigenvalue weighted by molar-refractivity contribution is -0.222. The number of aliphatic hydroxyl groups excluding tert-OH is 1. The topological polar surface area (TPSA) is 40.5 Å². The molecule has 24 heavy (non-hydrogen) atoms. The molecule has 1 aliphatic heterocycles. The van der Waals surface area contributed by atoms with Gasteiger partial charge in [-0.25, -0.2) is 0 Å². The number of carbonyl (C=O) groups is 1. The Bertz CT molecular complexity index is 558. The second-order valence-corrected chi connectivity index (χ2v) is 6.70. The Morgan fingerprint density at radius 1 is 1.21 bits per heavy atom. The highest BCUT2D eigenvalue weighted by Crippen LogP contribution is 2.31. The van der Waals surface area contributed by atoms with Crippen LogP contribution in [0.25, 0.3) is 0 Å². The normalized spacial score (nSPS) is 17.8. The van der Waals surface area contributed by atoms with Gasteiger partial charge in [-0.15, -0.1) is 0 Å². The number of rotatable bonds is 4. The summed E-state index contributed by atoms with van der Waals surface area (Å²) >= 11 is 0. The van der Waals surface area contributed by atoms with Crippen molar-refractivity contribution in [3.05, 3.63) is 34.9 Å². The Kier molecular flexibility index (Phi) is 5.91. The van der Waals surface area contributed by atoms with E-state index in [1.165, 1.54) is 0 Å². The van der Waals surface area contributed by atoms with Crippen molar-refractivity contribution in [1.29, 1.82) is 0 Å². The van der Waals surface area contributed by atoms with E-state index in [4.69, 9.17) is 0 Å². The number of hydrogen-bond donors (Lipinski definition) is 1. The highest BCUT2D eigenvalue weighted by atomic mass is 19.4. The van der Waals surface area contributed by atoms with Crippen LogP contribution in [0.3, 0.4) is 0 Å². The smallest absolute Gasteiger partial charge is 0.383 e. The maximum Gasteiger partial charge on any atom is 0.414 e. The number of carbonyl (C=O) groups excluding carboxylic acids is 1. The van der Waals surface area contributed by atoms with Gasteiger partial charge < -0.3 is 10.0 Å². The number of likely N-dealkylation sites (tertiary alicyclic amines) is 1. The minimum atomic E-state index is -4.58. The molecule has 0 aliphatic carbocycles. The monoisotopic (exact) mass is 343 g/mol. The summed E-state index contributed by atoms with van der Waals surface area (Å²) in [5.74, 6) is -0.845. The number of nitrogens with zero attached hydrogens (tertiary/aromatic N) is 1. The fourth-order valence-electron chi connectivity index (χ4n) is 3.35. The highest BCUT2D eigenvalue weighted by molar-refractivity contribution is 5.76. The van der Waals surface area contributed by atoms with Gasteiger partial charge in [-0.3, -0.25) is 4.79 Å². The zero-order valence-corrected chi connectivity index (χ0v) is 14.1. The van der Waals surface area contributed by atoms with Gasteiger partial charge in [0.25, 0.3) is 0 Å². The summed E-state index contributed by atoms with van der Waals surface area (Å²) in [6.07, 6.45) is -5.50. The molecule has 0 radical (unpaired) electrons. The second kappa shape index (κ2) is 7.55. The Balaban J connectivity index is 1.82. The van der Waals surface area contributed by atoms with Crippen molar-refractivity contribution in [3.8, 4) is 0 Å². The van der Waals surface area contributed by atoms with Crippen molar-refractivity contribution < 1.29 is 23.1 Å². The molecular weight excluding hydrogens is 319 g/mol. The molecule has 0 spiro atoms. The van der Waals surface area contributed by atoms with Crippen LogP contribution in [0, 0.1) is 19.8 Å². The Morgan fingerprint density at radius 2 is 1.75 bits per heavy atom. The van der Waals surface area contributed by atoms with E-state index in [1.807, 2.05) is 26.0 Å². The average Bonchev–Trinajstić information content (AvgIpc) is 2.50. The third-order valence-electron chi connectivity index (χ3n) is 4.58. The Hall–Kier alpha value is -1.56. The lowest BCUT2D eigenvalue weighted by Crippen LogP contribution is -2.45. The highest BCUT2D eigenvalue weighted by Gasteiger charge is 2.44. The van der Waals surface area contributed by atoms with Crippen LogP contribution in [-0.2, 0) is 11.2 Å². The number of halogens is 3. The molecule has 1 aliphatic rings. The van der Waals surface area contributed by atoms with Crippen LogP contribution in [0.15, 0.2) is 18.2 Å². The number of hydrogen-bond acceptors (Lipinski definition) is 2. The standard InChI is InChI=1S/C18H24F3NO2/c1-12-9-13(2)11-14(10-12)3-4-16(23)22-7-5-15(6-8-22)17(24)18(19,20)21/h9-11,15,17,24H,3-8H2,1-2H3. The maximum absolute atomic E-state index is 12.5. The Labute approximate surface area is 140 Å². The van der Waals surface area contributed by atoms with Gasteiger partial charge in [0.2, 0.25) is 5.91 Å². The van der Waals surface area contributed by atoms with Gasteiger partial charge in [-0.05, 0) is 44.6 Å². The zero-order valence-electron chi connectivity index (χ0n) is 14.1. The zero-order chi connectivity index (χ0) is 17.9. The first-order valence-corrected chi connectivity index (χ1v) is 8.26. The van der Waals surface area contributed by atoms with Gasteiger partial charge in [0.1, 0.15) is 0 Å². The van der Waals surface area contributed by atoms with Gasteiger partial charge in [0, 0.05) is 19.5 Å². The maximum atomic E-state index is 12.5. The molecule has 0 aromatic heterocycles. The van der Waals surface area contributed by atoms with E-state index in [0.717, 1.165) is 16.7 Å². The summed E-state index contributed by atoms with van der Waals surface area (Å²) in [4.78, 5) is 13.9. The van der Waals surface area contributed by atoms with Gasteiger partial charge in [-0.2, -0.15) is 13.2 Å². The van der Waals surface area contributed by atoms with Gasteiger partial charge >= 0.3 is 6.18 Å². The molecule has 0 saturated carbocycles. The summed E-state index contributed by atoms with van der Waals surface area (Å²) in [5, 5.41) is 9.31. The van der Waals surface area contributed by atoms with Crippen molar-refractivity contribution in [2.45, 2.75) is 51.8 Å². The summed E-state index contributed by atoms with van der Waals surface area (Å²) in [6, 6.07) is 6.17. The molecule has 1 N–H and O–H groups in total. The SMILES string of the molecule is Cc1cc(C)cc(CCC(=O)N2CCC(C(O)C(F)(F)F)CC2)c1. The van der Waals surface area contributed by atoms with Crippen molar-refractivity contribution in [2.75, 3.05) is 13.1 Å².